The van der Waals surface area contributed by atoms with Crippen molar-refractivity contribution >= 4 is 22.4 Å². The Morgan fingerprint density at radius 3 is 2.68 bits per heavy atom. The number of imidazole rings is 1. The maximum absolute atomic E-state index is 6.29. The number of hydrogen-bond donors (Lipinski definition) is 1. The van der Waals surface area contributed by atoms with Gasteiger partial charge in [-0.1, -0.05) is 42.5 Å². The first-order valence-corrected chi connectivity index (χ1v) is 6.82. The third-order valence-electron chi connectivity index (χ3n) is 3.74. The van der Waals surface area contributed by atoms with Crippen LogP contribution in [0.1, 0.15) is 18.2 Å². The number of halogens is 1. The molecule has 0 aliphatic carbocycles. The van der Waals surface area contributed by atoms with E-state index in [-0.39, 0.29) is 5.41 Å². The van der Waals surface area contributed by atoms with Crippen LogP contribution in [0.2, 0.25) is 0 Å². The number of nitrogens with zero attached hydrogens (tertiary/aromatic N) is 1. The van der Waals surface area contributed by atoms with Crippen molar-refractivity contribution in [3.8, 4) is 0 Å². The summed E-state index contributed by atoms with van der Waals surface area (Å²) < 4.78 is 0. The number of alkyl halides is 1. The molecule has 0 spiro atoms. The summed E-state index contributed by atoms with van der Waals surface area (Å²) in [5.41, 5.74) is 2.00. The predicted octanol–water partition coefficient (Wildman–Crippen LogP) is 4.11. The third-order valence-corrected chi connectivity index (χ3v) is 4.28. The van der Waals surface area contributed by atoms with Gasteiger partial charge in [-0.05, 0) is 23.3 Å². The molecule has 0 amide bonds. The van der Waals surface area contributed by atoms with Gasteiger partial charge in [0.25, 0.3) is 0 Å². The molecule has 1 atom stereocenters. The zero-order valence-corrected chi connectivity index (χ0v) is 11.5. The molecule has 19 heavy (non-hydrogen) atoms. The van der Waals surface area contributed by atoms with Crippen molar-refractivity contribution in [1.82, 2.24) is 9.97 Å². The lowest BCUT2D eigenvalue weighted by molar-refractivity contribution is 0.634. The molecule has 2 nitrogen and oxygen atoms in total. The quantitative estimate of drug-likeness (QED) is 0.713. The van der Waals surface area contributed by atoms with E-state index in [0.717, 1.165) is 5.69 Å². The second-order valence-corrected chi connectivity index (χ2v) is 5.22. The minimum absolute atomic E-state index is 0.265. The van der Waals surface area contributed by atoms with Gasteiger partial charge in [-0.2, -0.15) is 0 Å². The number of benzene rings is 2. The summed E-state index contributed by atoms with van der Waals surface area (Å²) in [6.45, 7) is 2.15. The van der Waals surface area contributed by atoms with E-state index in [9.17, 15) is 0 Å². The summed E-state index contributed by atoms with van der Waals surface area (Å²) in [6, 6.07) is 14.7. The lowest BCUT2D eigenvalue weighted by Gasteiger charge is -2.28. The standard InChI is InChI=1S/C16H15ClN2/c1-16(10-17,15-9-18-11-19-15)14-8-4-6-12-5-2-3-7-13(12)14/h2-9,11H,10H2,1H3,(H,18,19). The Morgan fingerprint density at radius 1 is 1.16 bits per heavy atom. The summed E-state index contributed by atoms with van der Waals surface area (Å²) in [4.78, 5) is 7.32. The van der Waals surface area contributed by atoms with Gasteiger partial charge in [0.2, 0.25) is 0 Å². The smallest absolute Gasteiger partial charge is 0.0922 e. The van der Waals surface area contributed by atoms with Gasteiger partial charge < -0.3 is 4.98 Å². The van der Waals surface area contributed by atoms with Crippen molar-refractivity contribution in [2.24, 2.45) is 0 Å². The number of rotatable bonds is 3. The van der Waals surface area contributed by atoms with Crippen LogP contribution in [0.15, 0.2) is 55.0 Å². The first-order valence-electron chi connectivity index (χ1n) is 6.29. The summed E-state index contributed by atoms with van der Waals surface area (Å²) >= 11 is 6.29. The van der Waals surface area contributed by atoms with E-state index in [1.165, 1.54) is 16.3 Å². The molecule has 3 aromatic rings. The molecular formula is C16H15ClN2. The Hall–Kier alpha value is -1.80. The number of aromatic nitrogens is 2. The molecule has 0 aliphatic rings. The molecule has 0 fully saturated rings. The van der Waals surface area contributed by atoms with Crippen LogP contribution in [0, 0.1) is 0 Å². The van der Waals surface area contributed by atoms with Gasteiger partial charge in [-0.3, -0.25) is 0 Å². The van der Waals surface area contributed by atoms with Crippen LogP contribution in [0.3, 0.4) is 0 Å². The van der Waals surface area contributed by atoms with Crippen molar-refractivity contribution in [3.63, 3.8) is 0 Å². The lowest BCUT2D eigenvalue weighted by atomic mass is 9.79. The molecule has 1 N–H and O–H groups in total. The van der Waals surface area contributed by atoms with Crippen LogP contribution in [0.5, 0.6) is 0 Å². The first kappa shape index (κ1) is 12.2. The second-order valence-electron chi connectivity index (χ2n) is 4.96. The Balaban J connectivity index is 2.28. The molecule has 96 valence electrons. The molecule has 0 saturated carbocycles. The lowest BCUT2D eigenvalue weighted by Crippen LogP contribution is -2.26. The zero-order chi connectivity index (χ0) is 13.3. The number of H-pyrrole nitrogens is 1. The van der Waals surface area contributed by atoms with Gasteiger partial charge in [0.1, 0.15) is 0 Å². The van der Waals surface area contributed by atoms with E-state index < -0.39 is 0 Å². The molecule has 0 saturated heterocycles. The fraction of sp³-hybridized carbons (Fsp3) is 0.188. The predicted molar refractivity (Wildman–Crippen MR) is 79.7 cm³/mol. The number of hydrogen-bond acceptors (Lipinski definition) is 1. The highest BCUT2D eigenvalue weighted by Gasteiger charge is 2.30. The van der Waals surface area contributed by atoms with E-state index in [1.807, 2.05) is 6.20 Å². The number of fused-ring (bicyclic) bond motifs is 1. The van der Waals surface area contributed by atoms with Gasteiger partial charge in [-0.15, -0.1) is 11.6 Å². The normalized spacial score (nSPS) is 14.4. The third kappa shape index (κ3) is 1.92. The summed E-state index contributed by atoms with van der Waals surface area (Å²) in [6.07, 6.45) is 3.55. The van der Waals surface area contributed by atoms with Crippen LogP contribution in [-0.2, 0) is 5.41 Å². The molecule has 3 rings (SSSR count). The second kappa shape index (κ2) is 4.71. The SMILES string of the molecule is CC(CCl)(c1cnc[nH]1)c1cccc2ccccc12. The maximum atomic E-state index is 6.29. The summed E-state index contributed by atoms with van der Waals surface area (Å²) in [5, 5.41) is 2.47. The zero-order valence-electron chi connectivity index (χ0n) is 10.7. The summed E-state index contributed by atoms with van der Waals surface area (Å²) in [7, 11) is 0. The van der Waals surface area contributed by atoms with E-state index in [4.69, 9.17) is 11.6 Å². The largest absolute Gasteiger partial charge is 0.348 e. The molecule has 1 unspecified atom stereocenters. The number of aromatic amines is 1. The van der Waals surface area contributed by atoms with E-state index in [1.54, 1.807) is 6.33 Å². The first-order chi connectivity index (χ1) is 9.25. The van der Waals surface area contributed by atoms with Crippen molar-refractivity contribution in [2.45, 2.75) is 12.3 Å². The van der Waals surface area contributed by atoms with E-state index in [0.29, 0.717) is 5.88 Å². The van der Waals surface area contributed by atoms with Crippen molar-refractivity contribution in [3.05, 3.63) is 66.2 Å². The molecule has 1 aromatic heterocycles. The van der Waals surface area contributed by atoms with E-state index >= 15 is 0 Å². The van der Waals surface area contributed by atoms with Gasteiger partial charge in [-0.25, -0.2) is 4.98 Å². The fourth-order valence-electron chi connectivity index (χ4n) is 2.55. The minimum atomic E-state index is -0.265. The molecule has 1 heterocycles. The van der Waals surface area contributed by atoms with Crippen LogP contribution in [0.4, 0.5) is 0 Å². The Labute approximate surface area is 117 Å². The van der Waals surface area contributed by atoms with Gasteiger partial charge >= 0.3 is 0 Å². The minimum Gasteiger partial charge on any atom is -0.348 e. The molecule has 3 heteroatoms. The average Bonchev–Trinajstić information content (AvgIpc) is 3.00. The molecule has 2 aromatic carbocycles. The molecule has 0 radical (unpaired) electrons. The summed E-state index contributed by atoms with van der Waals surface area (Å²) in [5.74, 6) is 0.503. The van der Waals surface area contributed by atoms with Crippen molar-refractivity contribution < 1.29 is 0 Å². The molecule has 0 bridgehead atoms. The van der Waals surface area contributed by atoms with Gasteiger partial charge in [0.05, 0.1) is 6.33 Å². The highest BCUT2D eigenvalue weighted by molar-refractivity contribution is 6.19. The van der Waals surface area contributed by atoms with Crippen LogP contribution >= 0.6 is 11.6 Å². The van der Waals surface area contributed by atoms with Crippen molar-refractivity contribution in [2.75, 3.05) is 5.88 Å². The maximum Gasteiger partial charge on any atom is 0.0922 e. The highest BCUT2D eigenvalue weighted by atomic mass is 35.5. The van der Waals surface area contributed by atoms with Crippen LogP contribution in [0.25, 0.3) is 10.8 Å². The monoisotopic (exact) mass is 270 g/mol. The molecule has 0 aliphatic heterocycles. The number of nitrogens with one attached hydrogen (secondary N) is 1. The van der Waals surface area contributed by atoms with Crippen molar-refractivity contribution in [1.29, 1.82) is 0 Å². The molecular weight excluding hydrogens is 256 g/mol. The Morgan fingerprint density at radius 2 is 1.95 bits per heavy atom. The van der Waals surface area contributed by atoms with E-state index in [2.05, 4.69) is 59.4 Å². The highest BCUT2D eigenvalue weighted by Crippen LogP contribution is 2.36. The Kier molecular flexibility index (Phi) is 3.03. The fourth-order valence-corrected chi connectivity index (χ4v) is 2.84. The average molecular weight is 271 g/mol. The van der Waals surface area contributed by atoms with Gasteiger partial charge in [0, 0.05) is 23.2 Å². The van der Waals surface area contributed by atoms with Gasteiger partial charge in [0.15, 0.2) is 0 Å². The van der Waals surface area contributed by atoms with Crippen LogP contribution < -0.4 is 0 Å². The van der Waals surface area contributed by atoms with Crippen LogP contribution in [-0.4, -0.2) is 15.8 Å². The topological polar surface area (TPSA) is 28.7 Å². The Bertz CT molecular complexity index is 686.